The number of hydrogen-bond acceptors (Lipinski definition) is 1. The second-order valence-electron chi connectivity index (χ2n) is 0. The van der Waals surface area contributed by atoms with E-state index in [4.69, 9.17) is 4.57 Å². The van der Waals surface area contributed by atoms with Gasteiger partial charge in [-0.3, -0.25) is 4.57 Å². The van der Waals surface area contributed by atoms with Gasteiger partial charge >= 0.3 is 0 Å². The van der Waals surface area contributed by atoms with Gasteiger partial charge in [0.15, 0.2) is 0 Å². The molecule has 0 heterocycles. The van der Waals surface area contributed by atoms with Crippen LogP contribution in [0.1, 0.15) is 0 Å². The van der Waals surface area contributed by atoms with Crippen molar-refractivity contribution in [2.75, 3.05) is 0 Å². The predicted molar refractivity (Wildman–Crippen MR) is 19.1 cm³/mol. The molecule has 0 atom stereocenters. The van der Waals surface area contributed by atoms with Gasteiger partial charge in [0.2, 0.25) is 0 Å². The van der Waals surface area contributed by atoms with Crippen LogP contribution in [-0.4, -0.2) is 40.5 Å². The minimum atomic E-state index is 0. The molecule has 4 heavy (non-hydrogen) atoms. The summed E-state index contributed by atoms with van der Waals surface area (Å²) in [5.41, 5.74) is 0. The molecular weight excluding hydrogens is 98.0 g/mol. The van der Waals surface area contributed by atoms with Crippen LogP contribution in [0.15, 0.2) is 0 Å². The average Bonchev–Trinajstić information content (AvgIpc) is 1.00. The van der Waals surface area contributed by atoms with E-state index in [1.165, 1.54) is 0 Å². The summed E-state index contributed by atoms with van der Waals surface area (Å²) in [5.74, 6) is 0. The molecule has 0 unspecified atom stereocenters. The van der Waals surface area contributed by atoms with E-state index < -0.39 is 0 Å². The standard InChI is InChI=1S/Na.OP.Si/c;1-2;. The van der Waals surface area contributed by atoms with Gasteiger partial charge in [0.25, 0.3) is 9.12 Å². The van der Waals surface area contributed by atoms with Gasteiger partial charge < -0.3 is 0 Å². The van der Waals surface area contributed by atoms with Crippen molar-refractivity contribution < 1.29 is 4.57 Å². The molecule has 0 aliphatic carbocycles. The zero-order valence-corrected chi connectivity index (χ0v) is 6.25. The van der Waals surface area contributed by atoms with E-state index in [0.717, 1.165) is 0 Å². The molecule has 0 aromatic heterocycles. The summed E-state index contributed by atoms with van der Waals surface area (Å²) in [6.45, 7) is 0. The maximum absolute atomic E-state index is 7.94. The van der Waals surface area contributed by atoms with Gasteiger partial charge in [-0.2, -0.15) is 0 Å². The third-order valence-corrected chi connectivity index (χ3v) is 0. The summed E-state index contributed by atoms with van der Waals surface area (Å²) >= 11 is 0. The number of rotatable bonds is 0. The Kier molecular flexibility index (Phi) is 126. The molecule has 4 heteroatoms. The molecule has 0 saturated heterocycles. The van der Waals surface area contributed by atoms with Crippen molar-refractivity contribution in [3.05, 3.63) is 0 Å². The first-order chi connectivity index (χ1) is 1.00. The van der Waals surface area contributed by atoms with E-state index in [1.54, 1.807) is 0 Å². The average molecular weight is 98.0 g/mol. The monoisotopic (exact) mass is 97.9 g/mol. The van der Waals surface area contributed by atoms with Crippen molar-refractivity contribution in [1.29, 1.82) is 0 Å². The van der Waals surface area contributed by atoms with Crippen LogP contribution in [0.4, 0.5) is 0 Å². The minimum Gasteiger partial charge on any atom is -0.261 e. The molecule has 0 bridgehead atoms. The maximum Gasteiger partial charge on any atom is 0.261 e. The Morgan fingerprint density at radius 3 is 1.25 bits per heavy atom. The van der Waals surface area contributed by atoms with Gasteiger partial charge in [0.05, 0.1) is 0 Å². The van der Waals surface area contributed by atoms with Crippen molar-refractivity contribution in [3.63, 3.8) is 0 Å². The molecule has 0 aromatic rings. The molecule has 0 aromatic carbocycles. The van der Waals surface area contributed by atoms with Gasteiger partial charge in [-0.15, -0.1) is 0 Å². The smallest absolute Gasteiger partial charge is 0.261 e. The first-order valence-electron chi connectivity index (χ1n) is 0.183. The molecule has 1 nitrogen and oxygen atoms in total. The summed E-state index contributed by atoms with van der Waals surface area (Å²) in [7, 11) is 2.28. The fourth-order valence-corrected chi connectivity index (χ4v) is 0. The van der Waals surface area contributed by atoms with Crippen LogP contribution < -0.4 is 0 Å². The molecule has 0 spiro atoms. The molecule has 0 amide bonds. The minimum absolute atomic E-state index is 0. The van der Waals surface area contributed by atoms with Gasteiger partial charge in [-0.1, -0.05) is 0 Å². The van der Waals surface area contributed by atoms with E-state index in [1.807, 2.05) is 0 Å². The van der Waals surface area contributed by atoms with Gasteiger partial charge in [0, 0.05) is 40.5 Å². The Morgan fingerprint density at radius 2 is 1.25 bits per heavy atom. The Bertz CT molecular complexity index is 8.00. The maximum atomic E-state index is 7.94. The largest absolute Gasteiger partial charge is 0.261 e. The van der Waals surface area contributed by atoms with Crippen LogP contribution in [0.3, 0.4) is 0 Å². The summed E-state index contributed by atoms with van der Waals surface area (Å²) < 4.78 is 7.94. The van der Waals surface area contributed by atoms with Gasteiger partial charge in [-0.05, 0) is 0 Å². The Labute approximate surface area is 54.1 Å². The third kappa shape index (κ3) is 10.3. The van der Waals surface area contributed by atoms with E-state index in [9.17, 15) is 0 Å². The summed E-state index contributed by atoms with van der Waals surface area (Å²) in [5, 5.41) is 0. The van der Waals surface area contributed by atoms with E-state index in [2.05, 4.69) is 9.12 Å². The zero-order valence-electron chi connectivity index (χ0n) is 2.36. The third-order valence-electron chi connectivity index (χ3n) is 0. The molecular formula is NaOPSi. The van der Waals surface area contributed by atoms with E-state index in [0.29, 0.717) is 0 Å². The van der Waals surface area contributed by atoms with Crippen LogP contribution in [0.5, 0.6) is 0 Å². The molecule has 0 aliphatic heterocycles. The van der Waals surface area contributed by atoms with Gasteiger partial charge in [0.1, 0.15) is 0 Å². The quantitative estimate of drug-likeness (QED) is 0.307. The van der Waals surface area contributed by atoms with Crippen molar-refractivity contribution >= 4 is 49.6 Å². The second kappa shape index (κ2) is 27.4. The van der Waals surface area contributed by atoms with E-state index >= 15 is 0 Å². The Balaban J connectivity index is -0.00000000500. The second-order valence-corrected chi connectivity index (χ2v) is 0. The normalized spacial score (nSPS) is 1.00. The fraction of sp³-hybridized carbons (Fsp3) is 0. The zero-order chi connectivity index (χ0) is 2.00. The first-order valence-corrected chi connectivity index (χ1v) is 0.548. The Hall–Kier alpha value is 1.32. The molecule has 0 fully saturated rings. The van der Waals surface area contributed by atoms with E-state index in [-0.39, 0.29) is 40.5 Å². The van der Waals surface area contributed by atoms with Crippen molar-refractivity contribution in [2.45, 2.75) is 0 Å². The van der Waals surface area contributed by atoms with Crippen molar-refractivity contribution in [3.8, 4) is 0 Å². The molecule has 0 rings (SSSR count). The predicted octanol–water partition coefficient (Wildman–Crippen LogP) is -0.0192. The number of hydrogen-bond donors (Lipinski definition) is 0. The summed E-state index contributed by atoms with van der Waals surface area (Å²) in [6, 6.07) is 0. The van der Waals surface area contributed by atoms with Crippen LogP contribution in [0.2, 0.25) is 0 Å². The molecule has 0 saturated carbocycles. The van der Waals surface area contributed by atoms with Crippen LogP contribution in [0.25, 0.3) is 0 Å². The summed E-state index contributed by atoms with van der Waals surface area (Å²) in [6.07, 6.45) is 0. The van der Waals surface area contributed by atoms with Crippen LogP contribution >= 0.6 is 9.12 Å². The Morgan fingerprint density at radius 1 is 1.25 bits per heavy atom. The molecule has 0 aliphatic rings. The SMILES string of the molecule is O=[P].[Na].[Si]. The first kappa shape index (κ1) is 18.5. The molecule has 6 radical (unpaired) electrons. The topological polar surface area (TPSA) is 17.1 Å². The van der Waals surface area contributed by atoms with Gasteiger partial charge in [-0.25, -0.2) is 0 Å². The molecule has 16 valence electrons. The fourth-order valence-electron chi connectivity index (χ4n) is 0. The van der Waals surface area contributed by atoms with Crippen LogP contribution in [0, 0.1) is 0 Å². The summed E-state index contributed by atoms with van der Waals surface area (Å²) in [4.78, 5) is 0. The van der Waals surface area contributed by atoms with Crippen molar-refractivity contribution in [1.82, 2.24) is 0 Å². The van der Waals surface area contributed by atoms with Crippen LogP contribution in [-0.2, 0) is 4.57 Å². The molecule has 0 N–H and O–H groups in total. The van der Waals surface area contributed by atoms with Crippen molar-refractivity contribution in [2.24, 2.45) is 0 Å².